The van der Waals surface area contributed by atoms with Crippen molar-refractivity contribution in [1.29, 1.82) is 0 Å². The van der Waals surface area contributed by atoms with Gasteiger partial charge in [-0.25, -0.2) is 4.98 Å². The van der Waals surface area contributed by atoms with Crippen molar-refractivity contribution >= 4 is 22.6 Å². The van der Waals surface area contributed by atoms with E-state index in [2.05, 4.69) is 45.2 Å². The summed E-state index contributed by atoms with van der Waals surface area (Å²) in [6, 6.07) is 3.94. The molecular formula is C19H30N6OS. The van der Waals surface area contributed by atoms with E-state index in [9.17, 15) is 0 Å². The van der Waals surface area contributed by atoms with Crippen LogP contribution in [0.4, 0.5) is 5.13 Å². The molecule has 27 heavy (non-hydrogen) atoms. The van der Waals surface area contributed by atoms with Gasteiger partial charge >= 0.3 is 0 Å². The third-order valence-electron chi connectivity index (χ3n) is 4.46. The minimum absolute atomic E-state index is 0.544. The van der Waals surface area contributed by atoms with E-state index >= 15 is 0 Å². The van der Waals surface area contributed by atoms with Gasteiger partial charge in [0.05, 0.1) is 6.26 Å². The van der Waals surface area contributed by atoms with Crippen LogP contribution in [0.5, 0.6) is 0 Å². The molecule has 1 N–H and O–H groups in total. The molecule has 2 aromatic rings. The Kier molecular flexibility index (Phi) is 7.09. The molecule has 1 saturated heterocycles. The summed E-state index contributed by atoms with van der Waals surface area (Å²) in [4.78, 5) is 14.1. The van der Waals surface area contributed by atoms with Gasteiger partial charge in [-0.05, 0) is 18.1 Å². The molecule has 0 amide bonds. The van der Waals surface area contributed by atoms with Gasteiger partial charge in [0.15, 0.2) is 5.96 Å². The maximum atomic E-state index is 5.42. The lowest BCUT2D eigenvalue weighted by molar-refractivity contribution is 0.370. The number of aryl methyl sites for hydroxylation is 1. The zero-order valence-corrected chi connectivity index (χ0v) is 17.3. The van der Waals surface area contributed by atoms with E-state index in [1.165, 1.54) is 11.5 Å². The molecule has 0 aliphatic carbocycles. The minimum atomic E-state index is 0.544. The largest absolute Gasteiger partial charge is 0.469 e. The van der Waals surface area contributed by atoms with Gasteiger partial charge in [0.25, 0.3) is 0 Å². The number of hydrogen-bond donors (Lipinski definition) is 1. The summed E-state index contributed by atoms with van der Waals surface area (Å²) in [7, 11) is 0. The molecule has 0 aromatic carbocycles. The van der Waals surface area contributed by atoms with Gasteiger partial charge in [-0.15, -0.1) is 0 Å². The second-order valence-electron chi connectivity index (χ2n) is 7.14. The fourth-order valence-electron chi connectivity index (χ4n) is 2.92. The first kappa shape index (κ1) is 19.7. The van der Waals surface area contributed by atoms with E-state index in [1.807, 2.05) is 12.1 Å². The predicted molar refractivity (Wildman–Crippen MR) is 111 cm³/mol. The van der Waals surface area contributed by atoms with Crippen molar-refractivity contribution in [3.05, 3.63) is 30.0 Å². The summed E-state index contributed by atoms with van der Waals surface area (Å²) in [5.74, 6) is 3.48. The Labute approximate surface area is 165 Å². The summed E-state index contributed by atoms with van der Waals surface area (Å²) in [5.41, 5.74) is 0. The third kappa shape index (κ3) is 5.69. The molecule has 2 aromatic heterocycles. The molecule has 1 fully saturated rings. The van der Waals surface area contributed by atoms with Crippen LogP contribution >= 0.6 is 11.5 Å². The molecule has 8 heteroatoms. The van der Waals surface area contributed by atoms with Crippen molar-refractivity contribution in [2.75, 3.05) is 44.2 Å². The van der Waals surface area contributed by atoms with Crippen molar-refractivity contribution in [2.24, 2.45) is 10.9 Å². The third-order valence-corrected chi connectivity index (χ3v) is 5.28. The molecule has 3 rings (SSSR count). The number of hydrogen-bond acceptors (Lipinski definition) is 6. The first-order valence-corrected chi connectivity index (χ1v) is 10.6. The quantitative estimate of drug-likeness (QED) is 0.579. The van der Waals surface area contributed by atoms with E-state index in [1.54, 1.807) is 6.26 Å². The maximum Gasteiger partial charge on any atom is 0.205 e. The Balaban J connectivity index is 1.55. The van der Waals surface area contributed by atoms with Crippen molar-refractivity contribution in [3.63, 3.8) is 0 Å². The monoisotopic (exact) mass is 390 g/mol. The summed E-state index contributed by atoms with van der Waals surface area (Å²) >= 11 is 1.51. The van der Waals surface area contributed by atoms with Crippen LogP contribution in [0.25, 0.3) is 0 Å². The number of nitrogens with zero attached hydrogens (tertiary/aromatic N) is 5. The standard InChI is InChI=1S/C19H30N6OS/c1-4-17-22-19(27-23-17)25-11-9-24(10-12-25)18(21-14-15(2)3)20-8-7-16-6-5-13-26-16/h5-6,13,15H,4,7-12,14H2,1-3H3,(H,20,21). The van der Waals surface area contributed by atoms with Crippen LogP contribution in [0.15, 0.2) is 27.8 Å². The van der Waals surface area contributed by atoms with Crippen molar-refractivity contribution in [1.82, 2.24) is 19.6 Å². The number of guanidine groups is 1. The number of rotatable bonds is 7. The molecule has 0 unspecified atom stereocenters. The first-order valence-electron chi connectivity index (χ1n) is 9.79. The summed E-state index contributed by atoms with van der Waals surface area (Å²) in [6.07, 6.45) is 3.47. The highest BCUT2D eigenvalue weighted by molar-refractivity contribution is 7.09. The lowest BCUT2D eigenvalue weighted by Crippen LogP contribution is -2.53. The molecule has 0 atom stereocenters. The number of aromatic nitrogens is 2. The van der Waals surface area contributed by atoms with E-state index in [4.69, 9.17) is 9.41 Å². The lowest BCUT2D eigenvalue weighted by Gasteiger charge is -2.36. The minimum Gasteiger partial charge on any atom is -0.469 e. The predicted octanol–water partition coefficient (Wildman–Crippen LogP) is 2.66. The van der Waals surface area contributed by atoms with E-state index in [0.29, 0.717) is 5.92 Å². The number of furan rings is 1. The summed E-state index contributed by atoms with van der Waals surface area (Å²) < 4.78 is 9.83. The van der Waals surface area contributed by atoms with Gasteiger partial charge in [-0.2, -0.15) is 4.37 Å². The van der Waals surface area contributed by atoms with Crippen molar-refractivity contribution in [3.8, 4) is 0 Å². The smallest absolute Gasteiger partial charge is 0.205 e. The van der Waals surface area contributed by atoms with Gasteiger partial charge in [-0.3, -0.25) is 4.99 Å². The number of anilines is 1. The van der Waals surface area contributed by atoms with Crippen LogP contribution in [-0.4, -0.2) is 59.5 Å². The van der Waals surface area contributed by atoms with Crippen LogP contribution in [0.2, 0.25) is 0 Å². The average Bonchev–Trinajstić information content (AvgIpc) is 3.36. The average molecular weight is 391 g/mol. The molecule has 0 radical (unpaired) electrons. The van der Waals surface area contributed by atoms with Gasteiger partial charge in [0, 0.05) is 63.6 Å². The normalized spacial score (nSPS) is 15.6. The zero-order valence-electron chi connectivity index (χ0n) is 16.5. The Morgan fingerprint density at radius 1 is 1.33 bits per heavy atom. The number of piperazine rings is 1. The zero-order chi connectivity index (χ0) is 19.1. The highest BCUT2D eigenvalue weighted by Gasteiger charge is 2.22. The fraction of sp³-hybridized carbons (Fsp3) is 0.632. The fourth-order valence-corrected chi connectivity index (χ4v) is 3.72. The maximum absolute atomic E-state index is 5.42. The first-order chi connectivity index (χ1) is 13.2. The molecule has 1 aliphatic rings. The molecule has 3 heterocycles. The van der Waals surface area contributed by atoms with E-state index < -0.39 is 0 Å². The van der Waals surface area contributed by atoms with Gasteiger partial charge in [-0.1, -0.05) is 20.8 Å². The number of nitrogens with one attached hydrogen (secondary N) is 1. The Morgan fingerprint density at radius 2 is 2.15 bits per heavy atom. The van der Waals surface area contributed by atoms with Crippen LogP contribution in [0, 0.1) is 5.92 Å². The van der Waals surface area contributed by atoms with Crippen LogP contribution in [0.3, 0.4) is 0 Å². The molecule has 148 valence electrons. The van der Waals surface area contributed by atoms with Crippen LogP contribution < -0.4 is 10.2 Å². The highest BCUT2D eigenvalue weighted by atomic mass is 32.1. The Bertz CT molecular complexity index is 704. The van der Waals surface area contributed by atoms with E-state index in [-0.39, 0.29) is 0 Å². The second kappa shape index (κ2) is 9.73. The van der Waals surface area contributed by atoms with Gasteiger partial charge < -0.3 is 19.5 Å². The Morgan fingerprint density at radius 3 is 2.78 bits per heavy atom. The van der Waals surface area contributed by atoms with E-state index in [0.717, 1.165) is 74.8 Å². The molecule has 0 bridgehead atoms. The second-order valence-corrected chi connectivity index (χ2v) is 7.87. The van der Waals surface area contributed by atoms with Gasteiger partial charge in [0.1, 0.15) is 11.6 Å². The van der Waals surface area contributed by atoms with Crippen molar-refractivity contribution < 1.29 is 4.42 Å². The molecule has 7 nitrogen and oxygen atoms in total. The lowest BCUT2D eigenvalue weighted by atomic mass is 10.2. The SMILES string of the molecule is CCc1nsc(N2CCN(C(=NCC(C)C)NCCc3ccco3)CC2)n1. The van der Waals surface area contributed by atoms with Crippen LogP contribution in [0.1, 0.15) is 32.4 Å². The summed E-state index contributed by atoms with van der Waals surface area (Å²) in [6.45, 7) is 11.9. The topological polar surface area (TPSA) is 69.8 Å². The highest BCUT2D eigenvalue weighted by Crippen LogP contribution is 2.19. The van der Waals surface area contributed by atoms with Crippen LogP contribution in [-0.2, 0) is 12.8 Å². The molecule has 1 aliphatic heterocycles. The number of aliphatic imine (C=N–C) groups is 1. The van der Waals surface area contributed by atoms with Crippen molar-refractivity contribution in [2.45, 2.75) is 33.6 Å². The summed E-state index contributed by atoms with van der Waals surface area (Å²) in [5, 5.41) is 4.56. The molecule has 0 saturated carbocycles. The molecule has 0 spiro atoms. The van der Waals surface area contributed by atoms with Gasteiger partial charge in [0.2, 0.25) is 5.13 Å². The molecular weight excluding hydrogens is 360 g/mol. The Hall–Kier alpha value is -2.09.